The van der Waals surface area contributed by atoms with Gasteiger partial charge in [0.15, 0.2) is 0 Å². The number of nitrogens with zero attached hydrogens (tertiary/aromatic N) is 2. The number of fused-ring (bicyclic) bond motifs is 7. The van der Waals surface area contributed by atoms with Crippen LogP contribution < -0.4 is 0 Å². The lowest BCUT2D eigenvalue weighted by atomic mass is 9.32. The lowest BCUT2D eigenvalue weighted by molar-refractivity contribution is -0.253. The van der Waals surface area contributed by atoms with Gasteiger partial charge < -0.3 is 19.6 Å². The third-order valence-electron chi connectivity index (χ3n) is 21.4. The monoisotopic (exact) mass is 775 g/mol. The zero-order valence-electron chi connectivity index (χ0n) is 36.7. The SMILES string of the molecule is CC1([C@@H]2CC[C@]3(C(=O)N4CCC[C@H]4CN4CCCCC4)CC[C@]4(C)[C@H](CC[C@@H]5[C@@]6(C)CC[C@H](OC(=O)[C@H]7C[C@@H](C(=O)O)C7(C)C)C(C)(C)[C@@H]6CC[C@]54C)[C@@H]23)CC1. The van der Waals surface area contributed by atoms with Gasteiger partial charge in [0.1, 0.15) is 6.10 Å². The summed E-state index contributed by atoms with van der Waals surface area (Å²) in [6, 6.07) is 0.405. The van der Waals surface area contributed by atoms with Crippen molar-refractivity contribution in [3.8, 4) is 0 Å². The van der Waals surface area contributed by atoms with E-state index in [2.05, 4.69) is 51.3 Å². The number of hydrogen-bond donors (Lipinski definition) is 1. The van der Waals surface area contributed by atoms with Gasteiger partial charge in [-0.15, -0.1) is 0 Å². The summed E-state index contributed by atoms with van der Waals surface area (Å²) < 4.78 is 6.49. The molecule has 0 spiro atoms. The van der Waals surface area contributed by atoms with Crippen LogP contribution in [-0.2, 0) is 19.1 Å². The fourth-order valence-corrected chi connectivity index (χ4v) is 17.5. The molecule has 2 aliphatic heterocycles. The Kier molecular flexibility index (Phi) is 9.37. The van der Waals surface area contributed by atoms with Crippen molar-refractivity contribution < 1.29 is 24.2 Å². The van der Waals surface area contributed by atoms with E-state index in [1.165, 1.54) is 96.6 Å². The van der Waals surface area contributed by atoms with Crippen LogP contribution >= 0.6 is 0 Å². The summed E-state index contributed by atoms with van der Waals surface area (Å²) in [4.78, 5) is 46.2. The second-order valence-electron chi connectivity index (χ2n) is 24.1. The molecule has 7 saturated carbocycles. The molecular formula is C49H78N2O5. The summed E-state index contributed by atoms with van der Waals surface area (Å²) in [7, 11) is 0. The molecule has 7 aliphatic carbocycles. The fourth-order valence-electron chi connectivity index (χ4n) is 17.5. The van der Waals surface area contributed by atoms with Crippen LogP contribution in [0.25, 0.3) is 0 Å². The number of carboxylic acids is 1. The summed E-state index contributed by atoms with van der Waals surface area (Å²) in [5.41, 5.74) is 0.155. The zero-order valence-corrected chi connectivity index (χ0v) is 36.7. The summed E-state index contributed by atoms with van der Waals surface area (Å²) in [5, 5.41) is 9.70. The summed E-state index contributed by atoms with van der Waals surface area (Å²) >= 11 is 0. The zero-order chi connectivity index (χ0) is 39.8. The molecule has 2 heterocycles. The number of piperidine rings is 1. The molecule has 7 nitrogen and oxygen atoms in total. The van der Waals surface area contributed by atoms with Crippen molar-refractivity contribution in [2.75, 3.05) is 26.2 Å². The van der Waals surface area contributed by atoms with Crippen molar-refractivity contribution in [3.05, 3.63) is 0 Å². The first-order valence-electron chi connectivity index (χ1n) is 23.8. The second kappa shape index (κ2) is 13.2. The normalized spacial score (nSPS) is 48.7. The number of carbonyl (C=O) groups excluding carboxylic acids is 2. The molecule has 9 fully saturated rings. The van der Waals surface area contributed by atoms with Crippen LogP contribution in [0.4, 0.5) is 0 Å². The van der Waals surface area contributed by atoms with Crippen molar-refractivity contribution in [1.82, 2.24) is 9.80 Å². The number of aliphatic carboxylic acids is 1. The molecule has 2 saturated heterocycles. The maximum atomic E-state index is 15.5. The number of carbonyl (C=O) groups is 3. The van der Waals surface area contributed by atoms with Crippen molar-refractivity contribution in [1.29, 1.82) is 0 Å². The van der Waals surface area contributed by atoms with Gasteiger partial charge in [-0.1, -0.05) is 61.8 Å². The summed E-state index contributed by atoms with van der Waals surface area (Å²) in [6.45, 7) is 23.8. The number of amides is 1. The Labute approximate surface area is 339 Å². The Hall–Kier alpha value is -1.63. The van der Waals surface area contributed by atoms with E-state index < -0.39 is 17.3 Å². The average molecular weight is 775 g/mol. The van der Waals surface area contributed by atoms with E-state index in [-0.39, 0.29) is 45.1 Å². The molecule has 314 valence electrons. The highest BCUT2D eigenvalue weighted by Gasteiger charge is 2.74. The van der Waals surface area contributed by atoms with Gasteiger partial charge >= 0.3 is 11.9 Å². The molecule has 0 radical (unpaired) electrons. The van der Waals surface area contributed by atoms with Gasteiger partial charge in [-0.05, 0) is 179 Å². The minimum absolute atomic E-state index is 0.131. The van der Waals surface area contributed by atoms with Gasteiger partial charge in [-0.25, -0.2) is 0 Å². The predicted molar refractivity (Wildman–Crippen MR) is 219 cm³/mol. The van der Waals surface area contributed by atoms with Crippen LogP contribution in [-0.4, -0.2) is 71.1 Å². The standard InChI is InChI=1S/C49H78N2O5/c1-43(2)34(40(52)53)29-35(43)41(54)56-38-18-19-46(6)36(44(38,3)4)17-20-48(8)37(46)15-14-33-39-32(45(5)22-23-45)16-21-49(39,25-24-47(33,48)7)42(55)51-28-12-13-31(51)30-50-26-10-9-11-27-50/h31-39H,9-30H2,1-8H3,(H,52,53)/t31-,32+,33+,34-,35+,36-,37+,38-,39+,46-,47+,48+,49-/m0/s1. The third kappa shape index (κ3) is 5.51. The number of likely N-dealkylation sites (tertiary alicyclic amines) is 2. The lowest BCUT2D eigenvalue weighted by Crippen LogP contribution is -2.68. The lowest BCUT2D eigenvalue weighted by Gasteiger charge is -2.73. The van der Waals surface area contributed by atoms with Gasteiger partial charge in [-0.2, -0.15) is 0 Å². The van der Waals surface area contributed by atoms with Crippen molar-refractivity contribution in [3.63, 3.8) is 0 Å². The van der Waals surface area contributed by atoms with Crippen LogP contribution in [0.2, 0.25) is 0 Å². The Balaban J connectivity index is 0.966. The molecule has 1 amide bonds. The highest BCUT2D eigenvalue weighted by Crippen LogP contribution is 2.79. The maximum Gasteiger partial charge on any atom is 0.309 e. The maximum absolute atomic E-state index is 15.5. The fraction of sp³-hybridized carbons (Fsp3) is 0.939. The molecule has 0 bridgehead atoms. The number of rotatable bonds is 7. The van der Waals surface area contributed by atoms with Gasteiger partial charge in [0, 0.05) is 24.5 Å². The molecule has 0 aromatic rings. The molecule has 0 aromatic carbocycles. The second-order valence-corrected chi connectivity index (χ2v) is 24.1. The smallest absolute Gasteiger partial charge is 0.309 e. The highest BCUT2D eigenvalue weighted by molar-refractivity contribution is 5.84. The predicted octanol–water partition coefficient (Wildman–Crippen LogP) is 10.0. The highest BCUT2D eigenvalue weighted by atomic mass is 16.5. The molecule has 9 rings (SSSR count). The molecule has 0 aromatic heterocycles. The van der Waals surface area contributed by atoms with Crippen molar-refractivity contribution in [2.24, 2.45) is 79.3 Å². The van der Waals surface area contributed by atoms with E-state index >= 15 is 4.79 Å². The van der Waals surface area contributed by atoms with E-state index in [1.807, 2.05) is 13.8 Å². The average Bonchev–Trinajstić information content (AvgIpc) is 3.51. The Bertz CT molecular complexity index is 1600. The number of hydrogen-bond acceptors (Lipinski definition) is 5. The van der Waals surface area contributed by atoms with Crippen LogP contribution in [0.15, 0.2) is 0 Å². The molecule has 0 unspecified atom stereocenters. The Morgan fingerprint density at radius 1 is 0.643 bits per heavy atom. The first-order chi connectivity index (χ1) is 26.3. The van der Waals surface area contributed by atoms with Crippen molar-refractivity contribution in [2.45, 2.75) is 183 Å². The topological polar surface area (TPSA) is 87.2 Å². The largest absolute Gasteiger partial charge is 0.481 e. The van der Waals surface area contributed by atoms with Gasteiger partial charge in [0.2, 0.25) is 5.91 Å². The van der Waals surface area contributed by atoms with E-state index in [0.717, 1.165) is 38.8 Å². The van der Waals surface area contributed by atoms with Gasteiger partial charge in [0.05, 0.1) is 17.3 Å². The molecule has 56 heavy (non-hydrogen) atoms. The van der Waals surface area contributed by atoms with E-state index in [4.69, 9.17) is 4.74 Å². The minimum Gasteiger partial charge on any atom is -0.481 e. The van der Waals surface area contributed by atoms with Gasteiger partial charge in [0.25, 0.3) is 0 Å². The Morgan fingerprint density at radius 2 is 1.38 bits per heavy atom. The Morgan fingerprint density at radius 3 is 2.05 bits per heavy atom. The number of ether oxygens (including phenoxy) is 1. The van der Waals surface area contributed by atoms with Crippen LogP contribution in [0.1, 0.15) is 171 Å². The summed E-state index contributed by atoms with van der Waals surface area (Å²) in [6.07, 6.45) is 20.9. The quantitative estimate of drug-likeness (QED) is 0.259. The van der Waals surface area contributed by atoms with Crippen LogP contribution in [0.5, 0.6) is 0 Å². The van der Waals surface area contributed by atoms with Crippen molar-refractivity contribution >= 4 is 17.8 Å². The summed E-state index contributed by atoms with van der Waals surface area (Å²) in [5.74, 6) is 1.69. The first kappa shape index (κ1) is 39.8. The molecule has 9 aliphatic rings. The molecule has 1 N–H and O–H groups in total. The molecule has 7 heteroatoms. The first-order valence-corrected chi connectivity index (χ1v) is 23.8. The molecular weight excluding hydrogens is 697 g/mol. The van der Waals surface area contributed by atoms with E-state index in [1.54, 1.807) is 0 Å². The van der Waals surface area contributed by atoms with E-state index in [0.29, 0.717) is 53.4 Å². The third-order valence-corrected chi connectivity index (χ3v) is 21.4. The van der Waals surface area contributed by atoms with Gasteiger partial charge in [-0.3, -0.25) is 14.4 Å². The molecule has 13 atom stereocenters. The number of esters is 1. The van der Waals surface area contributed by atoms with Crippen LogP contribution in [0.3, 0.4) is 0 Å². The minimum atomic E-state index is -0.801. The van der Waals surface area contributed by atoms with Crippen LogP contribution in [0, 0.1) is 79.3 Å². The number of carboxylic acid groups (broad SMARTS) is 1. The van der Waals surface area contributed by atoms with E-state index in [9.17, 15) is 14.7 Å².